The number of imidazole rings is 1. The van der Waals surface area contributed by atoms with Gasteiger partial charge in [0.05, 0.1) is 29.4 Å². The number of rotatable bonds is 6. The van der Waals surface area contributed by atoms with Crippen molar-refractivity contribution in [3.63, 3.8) is 0 Å². The Hall–Kier alpha value is -5.42. The van der Waals surface area contributed by atoms with E-state index in [2.05, 4.69) is 134 Å². The van der Waals surface area contributed by atoms with Crippen LogP contribution in [0.25, 0.3) is 71.9 Å². The maximum Gasteiger partial charge on any atom is 0.213 e. The Morgan fingerprint density at radius 1 is 0.674 bits per heavy atom. The van der Waals surface area contributed by atoms with Gasteiger partial charge < -0.3 is 9.15 Å². The monoisotopic (exact) mass is 601 g/mol. The molecule has 8 rings (SSSR count). The third-order valence-electron chi connectivity index (χ3n) is 9.09. The number of aromatic nitrogens is 3. The highest BCUT2D eigenvalue weighted by Crippen LogP contribution is 2.43. The molecule has 0 atom stereocenters. The first-order valence-electron chi connectivity index (χ1n) is 15.9. The summed E-state index contributed by atoms with van der Waals surface area (Å²) in [6.07, 6.45) is 1.83. The lowest BCUT2D eigenvalue weighted by atomic mass is 9.88. The lowest BCUT2D eigenvalue weighted by Crippen LogP contribution is -2.09. The maximum atomic E-state index is 6.83. The van der Waals surface area contributed by atoms with Crippen molar-refractivity contribution in [2.45, 2.75) is 39.5 Å². The fourth-order valence-electron chi connectivity index (χ4n) is 6.79. The van der Waals surface area contributed by atoms with Crippen LogP contribution in [0.5, 0.6) is 5.88 Å². The molecule has 0 aliphatic rings. The number of furan rings is 1. The van der Waals surface area contributed by atoms with Crippen molar-refractivity contribution >= 4 is 43.7 Å². The second-order valence-corrected chi connectivity index (χ2v) is 12.6. The number of para-hydroxylation sites is 3. The molecule has 0 spiro atoms. The van der Waals surface area contributed by atoms with Gasteiger partial charge in [-0.15, -0.1) is 0 Å². The fraction of sp³-hybridized carbons (Fsp3) is 0.171. The van der Waals surface area contributed by atoms with Gasteiger partial charge in [-0.25, -0.2) is 9.97 Å². The van der Waals surface area contributed by atoms with E-state index in [0.29, 0.717) is 5.88 Å². The molecule has 0 radical (unpaired) electrons. The first-order chi connectivity index (χ1) is 22.4. The second-order valence-electron chi connectivity index (χ2n) is 12.6. The number of pyridine rings is 1. The largest absolute Gasteiger partial charge is 0.481 e. The fourth-order valence-corrected chi connectivity index (χ4v) is 6.79. The Morgan fingerprint density at radius 3 is 2.13 bits per heavy atom. The molecule has 0 aliphatic carbocycles. The molecule has 3 aromatic heterocycles. The van der Waals surface area contributed by atoms with Gasteiger partial charge in [-0.1, -0.05) is 88.4 Å². The van der Waals surface area contributed by atoms with E-state index < -0.39 is 0 Å². The van der Waals surface area contributed by atoms with Crippen LogP contribution in [0, 0.1) is 0 Å². The Labute approximate surface area is 268 Å². The summed E-state index contributed by atoms with van der Waals surface area (Å²) in [5.74, 6) is 1.98. The van der Waals surface area contributed by atoms with Crippen LogP contribution in [0.1, 0.15) is 50.7 Å². The molecule has 0 amide bonds. The van der Waals surface area contributed by atoms with E-state index in [-0.39, 0.29) is 11.8 Å². The lowest BCUT2D eigenvalue weighted by molar-refractivity contribution is 0.399. The van der Waals surface area contributed by atoms with Crippen LogP contribution in [0.3, 0.4) is 0 Å². The van der Waals surface area contributed by atoms with Gasteiger partial charge in [-0.3, -0.25) is 4.57 Å². The molecule has 0 N–H and O–H groups in total. The molecule has 0 saturated carbocycles. The molecule has 0 saturated heterocycles. The summed E-state index contributed by atoms with van der Waals surface area (Å²) in [6.45, 7) is 9.13. The average molecular weight is 602 g/mol. The lowest BCUT2D eigenvalue weighted by Gasteiger charge is -2.24. The van der Waals surface area contributed by atoms with Gasteiger partial charge in [0.2, 0.25) is 5.88 Å². The number of methoxy groups -OCH3 is 1. The minimum atomic E-state index is 0.280. The van der Waals surface area contributed by atoms with Crippen molar-refractivity contribution in [2.75, 3.05) is 7.11 Å². The van der Waals surface area contributed by atoms with Crippen LogP contribution >= 0.6 is 0 Å². The molecular formula is C41H35N3O2. The number of fused-ring (bicyclic) bond motifs is 6. The van der Waals surface area contributed by atoms with Crippen molar-refractivity contribution in [1.29, 1.82) is 0 Å². The van der Waals surface area contributed by atoms with E-state index in [1.165, 1.54) is 27.9 Å². The summed E-state index contributed by atoms with van der Waals surface area (Å²) in [6, 6.07) is 36.4. The number of hydrogen-bond acceptors (Lipinski definition) is 4. The van der Waals surface area contributed by atoms with E-state index in [4.69, 9.17) is 14.1 Å². The van der Waals surface area contributed by atoms with Crippen LogP contribution in [-0.2, 0) is 0 Å². The topological polar surface area (TPSA) is 53.1 Å². The van der Waals surface area contributed by atoms with Gasteiger partial charge in [0.25, 0.3) is 0 Å². The SMILES string of the molecule is COc1cc2c(ccc3c4cccc(-c5nc6ccccc6n5-c5c(C(C)C)cc(-c6ccccc6)cc5C(C)C)c4oc23)cn1. The predicted molar refractivity (Wildman–Crippen MR) is 189 cm³/mol. The van der Waals surface area contributed by atoms with Gasteiger partial charge in [0.1, 0.15) is 17.0 Å². The van der Waals surface area contributed by atoms with E-state index >= 15 is 0 Å². The molecule has 0 aliphatic heterocycles. The normalized spacial score (nSPS) is 12.0. The third kappa shape index (κ3) is 4.38. The Kier molecular flexibility index (Phi) is 6.64. The molecular weight excluding hydrogens is 566 g/mol. The summed E-state index contributed by atoms with van der Waals surface area (Å²) < 4.78 is 14.7. The minimum absolute atomic E-state index is 0.280. The maximum absolute atomic E-state index is 6.83. The summed E-state index contributed by atoms with van der Waals surface area (Å²) >= 11 is 0. The Morgan fingerprint density at radius 2 is 1.39 bits per heavy atom. The predicted octanol–water partition coefficient (Wildman–Crippen LogP) is 11.1. The highest BCUT2D eigenvalue weighted by atomic mass is 16.5. The van der Waals surface area contributed by atoms with Gasteiger partial charge in [0.15, 0.2) is 0 Å². The molecule has 0 bridgehead atoms. The average Bonchev–Trinajstić information content (AvgIpc) is 3.66. The quantitative estimate of drug-likeness (QED) is 0.190. The second kappa shape index (κ2) is 10.9. The highest BCUT2D eigenvalue weighted by molar-refractivity contribution is 6.17. The zero-order valence-corrected chi connectivity index (χ0v) is 26.7. The summed E-state index contributed by atoms with van der Waals surface area (Å²) in [5.41, 5.74) is 10.8. The van der Waals surface area contributed by atoms with Crippen LogP contribution < -0.4 is 4.74 Å². The van der Waals surface area contributed by atoms with Crippen LogP contribution in [-0.4, -0.2) is 21.6 Å². The van der Waals surface area contributed by atoms with Crippen molar-refractivity contribution in [1.82, 2.24) is 14.5 Å². The standard InChI is InChI=1S/C41H35N3O2/c1-24(2)32-20-28(26-12-7-6-8-13-26)21-33(25(3)4)38(32)44-36-17-10-9-16-35(36)43-41(44)31-15-11-14-29-30-19-18-27-23-42-37(45-5)22-34(27)40(30)46-39(29)31/h6-25H,1-5H3. The smallest absolute Gasteiger partial charge is 0.213 e. The van der Waals surface area contributed by atoms with Crippen molar-refractivity contribution in [2.24, 2.45) is 0 Å². The summed E-state index contributed by atoms with van der Waals surface area (Å²) in [5, 5.41) is 4.08. The van der Waals surface area contributed by atoms with Crippen LogP contribution in [0.15, 0.2) is 114 Å². The van der Waals surface area contributed by atoms with Crippen molar-refractivity contribution < 1.29 is 9.15 Å². The number of ether oxygens (including phenoxy) is 1. The molecule has 5 aromatic carbocycles. The molecule has 226 valence electrons. The highest BCUT2D eigenvalue weighted by Gasteiger charge is 2.25. The zero-order valence-electron chi connectivity index (χ0n) is 26.7. The zero-order chi connectivity index (χ0) is 31.5. The molecule has 5 nitrogen and oxygen atoms in total. The van der Waals surface area contributed by atoms with E-state index in [9.17, 15) is 0 Å². The summed E-state index contributed by atoms with van der Waals surface area (Å²) in [7, 11) is 1.64. The molecule has 0 unspecified atom stereocenters. The Balaban J connectivity index is 1.46. The number of benzene rings is 5. The molecule has 8 aromatic rings. The van der Waals surface area contributed by atoms with Crippen molar-refractivity contribution in [3.05, 3.63) is 120 Å². The number of nitrogens with zero attached hydrogens (tertiary/aromatic N) is 3. The third-order valence-corrected chi connectivity index (χ3v) is 9.09. The molecule has 5 heteroatoms. The minimum Gasteiger partial charge on any atom is -0.481 e. The molecule has 3 heterocycles. The van der Waals surface area contributed by atoms with Gasteiger partial charge in [-0.2, -0.15) is 0 Å². The summed E-state index contributed by atoms with van der Waals surface area (Å²) in [4.78, 5) is 9.74. The van der Waals surface area contributed by atoms with E-state index in [1.54, 1.807) is 7.11 Å². The number of hydrogen-bond donors (Lipinski definition) is 0. The van der Waals surface area contributed by atoms with Crippen LogP contribution in [0.4, 0.5) is 0 Å². The van der Waals surface area contributed by atoms with Gasteiger partial charge in [-0.05, 0) is 70.5 Å². The molecule has 46 heavy (non-hydrogen) atoms. The van der Waals surface area contributed by atoms with E-state index in [0.717, 1.165) is 55.1 Å². The first-order valence-corrected chi connectivity index (χ1v) is 15.9. The first kappa shape index (κ1) is 28.1. The van der Waals surface area contributed by atoms with Gasteiger partial charge >= 0.3 is 0 Å². The molecule has 0 fully saturated rings. The van der Waals surface area contributed by atoms with Gasteiger partial charge in [0, 0.05) is 33.8 Å². The van der Waals surface area contributed by atoms with E-state index in [1.807, 2.05) is 12.3 Å². The Bertz CT molecular complexity index is 2390. The van der Waals surface area contributed by atoms with Crippen LogP contribution in [0.2, 0.25) is 0 Å². The van der Waals surface area contributed by atoms with Crippen molar-refractivity contribution in [3.8, 4) is 34.1 Å².